The topological polar surface area (TPSA) is 84.7 Å². The van der Waals surface area contributed by atoms with Gasteiger partial charge in [-0.3, -0.25) is 9.59 Å². The first-order valence-electron chi connectivity index (χ1n) is 15.4. The number of amides is 2. The van der Waals surface area contributed by atoms with E-state index in [0.717, 1.165) is 55.5 Å². The van der Waals surface area contributed by atoms with Crippen molar-refractivity contribution in [2.45, 2.75) is 63.2 Å². The number of ether oxygens (including phenoxy) is 1. The first kappa shape index (κ1) is 30.3. The van der Waals surface area contributed by atoms with Crippen LogP contribution < -0.4 is 11.1 Å². The highest BCUT2D eigenvalue weighted by atomic mass is 19.4. The Morgan fingerprint density at radius 2 is 1.68 bits per heavy atom. The number of rotatable bonds is 8. The van der Waals surface area contributed by atoms with Gasteiger partial charge in [0, 0.05) is 31.1 Å². The average Bonchev–Trinajstić information content (AvgIpc) is 3.85. The van der Waals surface area contributed by atoms with Crippen molar-refractivity contribution in [3.63, 3.8) is 0 Å². The van der Waals surface area contributed by atoms with Gasteiger partial charge in [-0.1, -0.05) is 36.4 Å². The van der Waals surface area contributed by atoms with Crippen LogP contribution in [0.15, 0.2) is 60.7 Å². The van der Waals surface area contributed by atoms with E-state index in [1.54, 1.807) is 12.1 Å². The number of nitrogens with zero attached hydrogens (tertiary/aromatic N) is 1. The maximum absolute atomic E-state index is 13.6. The van der Waals surface area contributed by atoms with Gasteiger partial charge in [0.15, 0.2) is 0 Å². The first-order valence-corrected chi connectivity index (χ1v) is 15.4. The number of piperidine rings is 1. The Balaban J connectivity index is 1.18. The molecule has 0 bridgehead atoms. The zero-order valence-corrected chi connectivity index (χ0v) is 24.8. The van der Waals surface area contributed by atoms with Crippen molar-refractivity contribution in [2.75, 3.05) is 26.3 Å². The molecular formula is C35H38F3N3O3. The molecule has 232 valence electrons. The molecule has 2 saturated heterocycles. The lowest BCUT2D eigenvalue weighted by atomic mass is 9.87. The van der Waals surface area contributed by atoms with Gasteiger partial charge in [0.05, 0.1) is 30.7 Å². The molecule has 2 heterocycles. The van der Waals surface area contributed by atoms with E-state index in [1.165, 1.54) is 11.6 Å². The summed E-state index contributed by atoms with van der Waals surface area (Å²) in [6.07, 6.45) is -0.319. The van der Waals surface area contributed by atoms with Crippen molar-refractivity contribution in [3.8, 4) is 11.1 Å². The highest BCUT2D eigenvalue weighted by Crippen LogP contribution is 2.42. The summed E-state index contributed by atoms with van der Waals surface area (Å²) in [5.74, 6) is 0.608. The SMILES string of the molecule is C[C@@H](NC(=O)c1cc(C2CC2)cc(C2CCCN(C(=O)C3COC3)C2)c1)c1ccc(-c2cc(C(F)(F)F)ccc2CN)cc1. The molecule has 0 radical (unpaired) electrons. The second kappa shape index (κ2) is 12.4. The molecule has 3 N–H and O–H groups in total. The number of benzene rings is 3. The standard InChI is InChI=1S/C35H38F3N3O3/c1-21(22-4-8-24(9-5-22)32-16-31(35(36,37)38)11-10-25(32)17-39)40-33(42)29-14-27(23-6-7-23)13-28(15-29)26-3-2-12-41(18-26)34(43)30-19-44-20-30/h4-5,8-11,13-16,21,23,26,30H,2-3,6-7,12,17-20,39H2,1H3,(H,40,42)/t21-,26?/m1/s1. The first-order chi connectivity index (χ1) is 21.1. The molecule has 0 spiro atoms. The largest absolute Gasteiger partial charge is 0.416 e. The van der Waals surface area contributed by atoms with Gasteiger partial charge < -0.3 is 20.7 Å². The minimum atomic E-state index is -4.45. The van der Waals surface area contributed by atoms with Gasteiger partial charge in [-0.25, -0.2) is 0 Å². The smallest absolute Gasteiger partial charge is 0.380 e. The average molecular weight is 606 g/mol. The highest BCUT2D eigenvalue weighted by molar-refractivity contribution is 5.95. The molecule has 2 atom stereocenters. The van der Waals surface area contributed by atoms with Gasteiger partial charge in [0.25, 0.3) is 5.91 Å². The van der Waals surface area contributed by atoms with Gasteiger partial charge in [0.1, 0.15) is 0 Å². The Morgan fingerprint density at radius 1 is 0.977 bits per heavy atom. The van der Waals surface area contributed by atoms with Crippen LogP contribution in [0, 0.1) is 5.92 Å². The van der Waals surface area contributed by atoms with Crippen LogP contribution in [0.5, 0.6) is 0 Å². The Bertz CT molecular complexity index is 1530. The minimum absolute atomic E-state index is 0.0313. The molecule has 3 aromatic carbocycles. The van der Waals surface area contributed by atoms with Crippen LogP contribution >= 0.6 is 0 Å². The molecule has 44 heavy (non-hydrogen) atoms. The van der Waals surface area contributed by atoms with Crippen molar-refractivity contribution < 1.29 is 27.5 Å². The second-order valence-corrected chi connectivity index (χ2v) is 12.4. The molecule has 3 aliphatic rings. The van der Waals surface area contributed by atoms with Crippen LogP contribution in [-0.4, -0.2) is 43.0 Å². The Kier molecular flexibility index (Phi) is 8.53. The summed E-state index contributed by atoms with van der Waals surface area (Å²) in [4.78, 5) is 28.4. The Labute approximate surface area is 255 Å². The fourth-order valence-corrected chi connectivity index (χ4v) is 6.30. The fraction of sp³-hybridized carbons (Fsp3) is 0.429. The third kappa shape index (κ3) is 6.54. The van der Waals surface area contributed by atoms with E-state index in [1.807, 2.05) is 36.1 Å². The fourth-order valence-electron chi connectivity index (χ4n) is 6.30. The lowest BCUT2D eigenvalue weighted by molar-refractivity contribution is -0.151. The second-order valence-electron chi connectivity index (χ2n) is 12.4. The van der Waals surface area contributed by atoms with Crippen LogP contribution in [0.3, 0.4) is 0 Å². The van der Waals surface area contributed by atoms with Crippen LogP contribution in [0.4, 0.5) is 13.2 Å². The van der Waals surface area contributed by atoms with Crippen LogP contribution in [0.1, 0.15) is 88.7 Å². The van der Waals surface area contributed by atoms with Gasteiger partial charge >= 0.3 is 6.18 Å². The molecule has 9 heteroatoms. The summed E-state index contributed by atoms with van der Waals surface area (Å²) in [5.41, 5.74) is 10.5. The zero-order chi connectivity index (χ0) is 31.0. The molecule has 6 rings (SSSR count). The van der Waals surface area contributed by atoms with E-state index in [-0.39, 0.29) is 36.2 Å². The Morgan fingerprint density at radius 3 is 2.30 bits per heavy atom. The van der Waals surface area contributed by atoms with Crippen LogP contribution in [0.2, 0.25) is 0 Å². The summed E-state index contributed by atoms with van der Waals surface area (Å²) in [6.45, 7) is 4.44. The van der Waals surface area contributed by atoms with E-state index >= 15 is 0 Å². The normalized spacial score (nSPS) is 19.8. The van der Waals surface area contributed by atoms with Gasteiger partial charge in [-0.2, -0.15) is 13.2 Å². The number of alkyl halides is 3. The number of likely N-dealkylation sites (tertiary alicyclic amines) is 1. The third-order valence-corrected chi connectivity index (χ3v) is 9.21. The molecule has 3 fully saturated rings. The lowest BCUT2D eigenvalue weighted by Gasteiger charge is -2.37. The summed E-state index contributed by atoms with van der Waals surface area (Å²) in [6, 6.07) is 16.7. The lowest BCUT2D eigenvalue weighted by Crippen LogP contribution is -2.48. The Hall–Kier alpha value is -3.69. The number of carbonyl (C=O) groups is 2. The summed E-state index contributed by atoms with van der Waals surface area (Å²) in [5, 5.41) is 3.11. The highest BCUT2D eigenvalue weighted by Gasteiger charge is 2.35. The number of halogens is 3. The molecule has 1 unspecified atom stereocenters. The maximum Gasteiger partial charge on any atom is 0.416 e. The summed E-state index contributed by atoms with van der Waals surface area (Å²) < 4.78 is 45.3. The molecular weight excluding hydrogens is 567 g/mol. The molecule has 1 aliphatic carbocycles. The number of hydrogen-bond donors (Lipinski definition) is 2. The van der Waals surface area contributed by atoms with Crippen molar-refractivity contribution in [1.82, 2.24) is 10.2 Å². The maximum atomic E-state index is 13.6. The van der Waals surface area contributed by atoms with Crippen molar-refractivity contribution in [1.29, 1.82) is 0 Å². The molecule has 3 aromatic rings. The van der Waals surface area contributed by atoms with Gasteiger partial charge in [-0.15, -0.1) is 0 Å². The van der Waals surface area contributed by atoms with E-state index in [2.05, 4.69) is 11.4 Å². The monoisotopic (exact) mass is 605 g/mol. The summed E-state index contributed by atoms with van der Waals surface area (Å²) in [7, 11) is 0. The zero-order valence-electron chi connectivity index (χ0n) is 24.8. The van der Waals surface area contributed by atoms with Gasteiger partial charge in [-0.05, 0) is 96.2 Å². The van der Waals surface area contributed by atoms with Crippen LogP contribution in [0.25, 0.3) is 11.1 Å². The van der Waals surface area contributed by atoms with Gasteiger partial charge in [0.2, 0.25) is 5.91 Å². The summed E-state index contributed by atoms with van der Waals surface area (Å²) >= 11 is 0. The van der Waals surface area contributed by atoms with Crippen molar-refractivity contribution in [3.05, 3.63) is 94.0 Å². The van der Waals surface area contributed by atoms with E-state index in [4.69, 9.17) is 10.5 Å². The minimum Gasteiger partial charge on any atom is -0.380 e. The van der Waals surface area contributed by atoms with E-state index in [0.29, 0.717) is 47.9 Å². The quantitative estimate of drug-likeness (QED) is 0.305. The predicted molar refractivity (Wildman–Crippen MR) is 162 cm³/mol. The number of nitrogens with one attached hydrogen (secondary N) is 1. The number of nitrogens with two attached hydrogens (primary N) is 1. The number of carbonyl (C=O) groups excluding carboxylic acids is 2. The third-order valence-electron chi connectivity index (χ3n) is 9.21. The van der Waals surface area contributed by atoms with E-state index in [9.17, 15) is 22.8 Å². The molecule has 0 aromatic heterocycles. The van der Waals surface area contributed by atoms with E-state index < -0.39 is 11.7 Å². The molecule has 1 saturated carbocycles. The molecule has 6 nitrogen and oxygen atoms in total. The molecule has 2 aliphatic heterocycles. The molecule has 2 amide bonds. The number of hydrogen-bond acceptors (Lipinski definition) is 4. The van der Waals surface area contributed by atoms with Crippen LogP contribution in [-0.2, 0) is 22.3 Å². The van der Waals surface area contributed by atoms with Crippen molar-refractivity contribution >= 4 is 11.8 Å². The predicted octanol–water partition coefficient (Wildman–Crippen LogP) is 6.55. The van der Waals surface area contributed by atoms with Crippen molar-refractivity contribution in [2.24, 2.45) is 11.7 Å².